The minimum absolute atomic E-state index is 0.0329. The zero-order chi connectivity index (χ0) is 14.8. The highest BCUT2D eigenvalue weighted by atomic mass is 35.5. The molecule has 1 fully saturated rings. The third kappa shape index (κ3) is 2.95. The minimum Gasteiger partial charge on any atom is -0.337 e. The van der Waals surface area contributed by atoms with Gasteiger partial charge in [-0.1, -0.05) is 23.7 Å². The monoisotopic (exact) mass is 303 g/mol. The molecule has 5 heteroatoms. The summed E-state index contributed by atoms with van der Waals surface area (Å²) in [5.41, 5.74) is 2.45. The number of carbonyl (C=O) groups excluding carboxylic acids is 1. The Morgan fingerprint density at radius 3 is 2.48 bits per heavy atom. The molecule has 2 heterocycles. The summed E-state index contributed by atoms with van der Waals surface area (Å²) in [6.07, 6.45) is 3.38. The van der Waals surface area contributed by atoms with Crippen LogP contribution in [0.4, 0.5) is 0 Å². The van der Waals surface area contributed by atoms with E-state index >= 15 is 0 Å². The van der Waals surface area contributed by atoms with Crippen LogP contribution in [0, 0.1) is 0 Å². The van der Waals surface area contributed by atoms with Crippen LogP contribution in [0.1, 0.15) is 29.8 Å². The highest BCUT2D eigenvalue weighted by Gasteiger charge is 2.21. The van der Waals surface area contributed by atoms with Crippen LogP contribution in [-0.4, -0.2) is 33.7 Å². The van der Waals surface area contributed by atoms with Crippen LogP contribution in [-0.2, 0) is 7.05 Å². The van der Waals surface area contributed by atoms with Gasteiger partial charge in [0.1, 0.15) is 0 Å². The molecule has 0 radical (unpaired) electrons. The number of nitrogens with zero attached hydrogens (tertiary/aromatic N) is 3. The van der Waals surface area contributed by atoms with Crippen LogP contribution >= 0.6 is 11.6 Å². The molecule has 0 saturated carbocycles. The third-order valence-electron chi connectivity index (χ3n) is 3.88. The molecule has 4 nitrogen and oxygen atoms in total. The fraction of sp³-hybridized carbons (Fsp3) is 0.375. The van der Waals surface area contributed by atoms with Gasteiger partial charge in [0.25, 0.3) is 5.91 Å². The molecule has 1 aromatic carbocycles. The molecule has 0 N–H and O–H groups in total. The summed E-state index contributed by atoms with van der Waals surface area (Å²) in [5, 5.41) is 5.08. The number of benzene rings is 1. The molecular weight excluding hydrogens is 286 g/mol. The Kier molecular flexibility index (Phi) is 3.97. The number of likely N-dealkylation sites (tertiary alicyclic amines) is 1. The fourth-order valence-corrected chi connectivity index (χ4v) is 2.85. The van der Waals surface area contributed by atoms with Gasteiger partial charge in [0, 0.05) is 25.2 Å². The largest absolute Gasteiger partial charge is 0.337 e. The summed E-state index contributed by atoms with van der Waals surface area (Å²) in [6.45, 7) is 1.68. The molecule has 0 atom stereocenters. The van der Waals surface area contributed by atoms with Crippen LogP contribution < -0.4 is 0 Å². The van der Waals surface area contributed by atoms with Crippen molar-refractivity contribution >= 4 is 17.5 Å². The second-order valence-electron chi connectivity index (χ2n) is 5.40. The summed E-state index contributed by atoms with van der Waals surface area (Å²) < 4.78 is 1.75. The Hall–Kier alpha value is -1.81. The SMILES string of the molecule is Cn1nc(C(=O)N2CCCCC2)cc1-c1ccc(Cl)cc1. The van der Waals surface area contributed by atoms with E-state index in [1.807, 2.05) is 42.3 Å². The van der Waals surface area contributed by atoms with E-state index in [1.54, 1.807) is 4.68 Å². The van der Waals surface area contributed by atoms with Gasteiger partial charge in [-0.2, -0.15) is 5.10 Å². The average Bonchev–Trinajstić information content (AvgIpc) is 2.90. The maximum atomic E-state index is 12.5. The number of amides is 1. The van der Waals surface area contributed by atoms with Crippen molar-refractivity contribution in [1.29, 1.82) is 0 Å². The maximum absolute atomic E-state index is 12.5. The van der Waals surface area contributed by atoms with E-state index in [9.17, 15) is 4.79 Å². The molecule has 0 aliphatic carbocycles. The Morgan fingerprint density at radius 1 is 1.14 bits per heavy atom. The van der Waals surface area contributed by atoms with Crippen LogP contribution in [0.25, 0.3) is 11.3 Å². The smallest absolute Gasteiger partial charge is 0.274 e. The standard InChI is InChI=1S/C16H18ClN3O/c1-19-15(12-5-7-13(17)8-6-12)11-14(18-19)16(21)20-9-3-2-4-10-20/h5-8,11H,2-4,9-10H2,1H3. The zero-order valence-electron chi connectivity index (χ0n) is 12.1. The first-order chi connectivity index (χ1) is 10.1. The molecule has 0 spiro atoms. The molecule has 2 aromatic rings. The van der Waals surface area contributed by atoms with Crippen molar-refractivity contribution in [2.24, 2.45) is 7.05 Å². The Bertz CT molecular complexity index is 642. The van der Waals surface area contributed by atoms with E-state index in [-0.39, 0.29) is 5.91 Å². The van der Waals surface area contributed by atoms with Crippen molar-refractivity contribution in [3.63, 3.8) is 0 Å². The van der Waals surface area contributed by atoms with Gasteiger partial charge in [-0.15, -0.1) is 0 Å². The maximum Gasteiger partial charge on any atom is 0.274 e. The Morgan fingerprint density at radius 2 is 1.81 bits per heavy atom. The van der Waals surface area contributed by atoms with Gasteiger partial charge in [-0.25, -0.2) is 0 Å². The van der Waals surface area contributed by atoms with Gasteiger partial charge in [0.05, 0.1) is 5.69 Å². The first kappa shape index (κ1) is 14.1. The van der Waals surface area contributed by atoms with Crippen LogP contribution in [0.3, 0.4) is 0 Å². The lowest BCUT2D eigenvalue weighted by Gasteiger charge is -2.25. The topological polar surface area (TPSA) is 38.1 Å². The van der Waals surface area contributed by atoms with Gasteiger partial charge >= 0.3 is 0 Å². The number of aromatic nitrogens is 2. The highest BCUT2D eigenvalue weighted by molar-refractivity contribution is 6.30. The minimum atomic E-state index is 0.0329. The van der Waals surface area contributed by atoms with Gasteiger partial charge in [0.2, 0.25) is 0 Å². The predicted octanol–water partition coefficient (Wildman–Crippen LogP) is 3.37. The van der Waals surface area contributed by atoms with Gasteiger partial charge < -0.3 is 4.90 Å². The molecule has 1 aliphatic rings. The number of carbonyl (C=O) groups is 1. The van der Waals surface area contributed by atoms with Crippen LogP contribution in [0.15, 0.2) is 30.3 Å². The molecule has 1 amide bonds. The Labute approximate surface area is 129 Å². The molecule has 0 bridgehead atoms. The average molecular weight is 304 g/mol. The number of rotatable bonds is 2. The van der Waals surface area contributed by atoms with Crippen molar-refractivity contribution in [2.75, 3.05) is 13.1 Å². The van der Waals surface area contributed by atoms with Crippen molar-refractivity contribution in [1.82, 2.24) is 14.7 Å². The summed E-state index contributed by atoms with van der Waals surface area (Å²) in [4.78, 5) is 14.4. The number of piperidine rings is 1. The predicted molar refractivity (Wildman–Crippen MR) is 83.4 cm³/mol. The van der Waals surface area contributed by atoms with Gasteiger partial charge in [-0.3, -0.25) is 9.48 Å². The second-order valence-corrected chi connectivity index (χ2v) is 5.83. The van der Waals surface area contributed by atoms with E-state index < -0.39 is 0 Å². The summed E-state index contributed by atoms with van der Waals surface area (Å²) in [6, 6.07) is 9.43. The number of hydrogen-bond donors (Lipinski definition) is 0. The lowest BCUT2D eigenvalue weighted by atomic mass is 10.1. The summed E-state index contributed by atoms with van der Waals surface area (Å²) in [7, 11) is 1.86. The molecule has 110 valence electrons. The van der Waals surface area contributed by atoms with E-state index in [0.29, 0.717) is 10.7 Å². The van der Waals surface area contributed by atoms with E-state index in [2.05, 4.69) is 5.10 Å². The van der Waals surface area contributed by atoms with Crippen molar-refractivity contribution in [3.05, 3.63) is 41.0 Å². The first-order valence-corrected chi connectivity index (χ1v) is 7.62. The molecule has 0 unspecified atom stereocenters. The van der Waals surface area contributed by atoms with Gasteiger partial charge in [0.15, 0.2) is 5.69 Å². The van der Waals surface area contributed by atoms with Crippen molar-refractivity contribution in [2.45, 2.75) is 19.3 Å². The summed E-state index contributed by atoms with van der Waals surface area (Å²) >= 11 is 5.91. The van der Waals surface area contributed by atoms with E-state index in [1.165, 1.54) is 6.42 Å². The lowest BCUT2D eigenvalue weighted by molar-refractivity contribution is 0.0717. The van der Waals surface area contributed by atoms with Crippen LogP contribution in [0.5, 0.6) is 0 Å². The second kappa shape index (κ2) is 5.90. The lowest BCUT2D eigenvalue weighted by Crippen LogP contribution is -2.35. The molecule has 1 saturated heterocycles. The quantitative estimate of drug-likeness (QED) is 0.853. The zero-order valence-corrected chi connectivity index (χ0v) is 12.8. The fourth-order valence-electron chi connectivity index (χ4n) is 2.72. The normalized spacial score (nSPS) is 15.2. The molecule has 1 aliphatic heterocycles. The first-order valence-electron chi connectivity index (χ1n) is 7.24. The Balaban J connectivity index is 1.86. The number of aryl methyl sites for hydroxylation is 1. The molecule has 3 rings (SSSR count). The van der Waals surface area contributed by atoms with Crippen molar-refractivity contribution in [3.8, 4) is 11.3 Å². The van der Waals surface area contributed by atoms with Crippen LogP contribution in [0.2, 0.25) is 5.02 Å². The van der Waals surface area contributed by atoms with Gasteiger partial charge in [-0.05, 0) is 43.0 Å². The number of halogens is 1. The number of hydrogen-bond acceptors (Lipinski definition) is 2. The third-order valence-corrected chi connectivity index (χ3v) is 4.13. The molecule has 1 aromatic heterocycles. The highest BCUT2D eigenvalue weighted by Crippen LogP contribution is 2.23. The van der Waals surface area contributed by atoms with E-state index in [0.717, 1.165) is 37.2 Å². The summed E-state index contributed by atoms with van der Waals surface area (Å²) in [5.74, 6) is 0.0329. The molecule has 21 heavy (non-hydrogen) atoms. The molecular formula is C16H18ClN3O. The van der Waals surface area contributed by atoms with Crippen molar-refractivity contribution < 1.29 is 4.79 Å². The van der Waals surface area contributed by atoms with E-state index in [4.69, 9.17) is 11.6 Å².